The molecule has 92 valence electrons. The minimum atomic E-state index is -0.205. The summed E-state index contributed by atoms with van der Waals surface area (Å²) in [5, 5.41) is 7.54. The Kier molecular flexibility index (Phi) is 2.75. The third kappa shape index (κ3) is 1.97. The molecule has 2 aromatic heterocycles. The largest absolute Gasteiger partial charge is 0.344 e. The van der Waals surface area contributed by atoms with Crippen LogP contribution in [0.4, 0.5) is 0 Å². The number of hydrogen-bond acceptors (Lipinski definition) is 5. The van der Waals surface area contributed by atoms with Crippen LogP contribution in [0.2, 0.25) is 0 Å². The van der Waals surface area contributed by atoms with Gasteiger partial charge in [0, 0.05) is 17.8 Å². The van der Waals surface area contributed by atoms with Crippen LogP contribution in [-0.2, 0) is 0 Å². The van der Waals surface area contributed by atoms with Crippen LogP contribution >= 0.6 is 11.8 Å². The Morgan fingerprint density at radius 2 is 2.33 bits per heavy atom. The first-order chi connectivity index (χ1) is 8.79. The summed E-state index contributed by atoms with van der Waals surface area (Å²) in [4.78, 5) is 26.6. The van der Waals surface area contributed by atoms with Crippen molar-refractivity contribution < 1.29 is 4.79 Å². The summed E-state index contributed by atoms with van der Waals surface area (Å²) in [5.74, 6) is 0. The molecule has 0 bridgehead atoms. The molecule has 0 aromatic carbocycles. The Bertz CT molecular complexity index is 644. The lowest BCUT2D eigenvalue weighted by molar-refractivity contribution is 0.112. The van der Waals surface area contributed by atoms with Crippen molar-refractivity contribution >= 4 is 18.0 Å². The highest BCUT2D eigenvalue weighted by molar-refractivity contribution is 7.99. The van der Waals surface area contributed by atoms with Crippen molar-refractivity contribution in [1.82, 2.24) is 19.7 Å². The van der Waals surface area contributed by atoms with E-state index in [1.807, 2.05) is 0 Å². The molecule has 0 saturated heterocycles. The Hall–Kier alpha value is -1.89. The van der Waals surface area contributed by atoms with E-state index in [0.29, 0.717) is 15.7 Å². The van der Waals surface area contributed by atoms with E-state index >= 15 is 0 Å². The number of H-pyrrole nitrogens is 1. The van der Waals surface area contributed by atoms with Gasteiger partial charge in [-0.25, -0.2) is 14.9 Å². The summed E-state index contributed by atoms with van der Waals surface area (Å²) in [6.07, 6.45) is 4.36. The first kappa shape index (κ1) is 11.2. The molecular weight excluding hydrogens is 252 g/mol. The number of nitrogens with zero attached hydrogens (tertiary/aromatic N) is 3. The summed E-state index contributed by atoms with van der Waals surface area (Å²) in [6, 6.07) is 3.63. The van der Waals surface area contributed by atoms with Gasteiger partial charge in [-0.15, -0.1) is 5.10 Å². The zero-order valence-corrected chi connectivity index (χ0v) is 10.2. The van der Waals surface area contributed by atoms with Crippen molar-refractivity contribution in [3.8, 4) is 0 Å². The lowest BCUT2D eigenvalue weighted by Crippen LogP contribution is -2.16. The maximum atomic E-state index is 11.6. The van der Waals surface area contributed by atoms with Gasteiger partial charge in [0.1, 0.15) is 5.03 Å². The molecule has 0 unspecified atom stereocenters. The van der Waals surface area contributed by atoms with Crippen LogP contribution in [-0.4, -0.2) is 26.0 Å². The second-order valence-corrected chi connectivity index (χ2v) is 4.99. The molecule has 1 aliphatic rings. The summed E-state index contributed by atoms with van der Waals surface area (Å²) < 4.78 is 1.63. The molecule has 0 radical (unpaired) electrons. The van der Waals surface area contributed by atoms with Crippen LogP contribution in [0.15, 0.2) is 33.3 Å². The van der Waals surface area contributed by atoms with Gasteiger partial charge >= 0.3 is 5.69 Å². The molecule has 1 N–H and O–H groups in total. The van der Waals surface area contributed by atoms with E-state index in [2.05, 4.69) is 15.2 Å². The molecule has 7 heteroatoms. The Balaban J connectivity index is 1.97. The lowest BCUT2D eigenvalue weighted by Gasteiger charge is -2.03. The van der Waals surface area contributed by atoms with E-state index in [1.165, 1.54) is 11.8 Å². The first-order valence-electron chi connectivity index (χ1n) is 5.54. The first-order valence-corrected chi connectivity index (χ1v) is 6.36. The molecule has 2 aromatic rings. The maximum absolute atomic E-state index is 11.6. The van der Waals surface area contributed by atoms with Crippen molar-refractivity contribution in [1.29, 1.82) is 0 Å². The van der Waals surface area contributed by atoms with Crippen molar-refractivity contribution in [2.24, 2.45) is 0 Å². The standard InChI is InChI=1S/C11H10N4O2S/c16-6-7-2-1-5-12-9(7)18-11-14-13-10(17)15(11)8-3-4-8/h1-2,5-6,8H,3-4H2,(H,13,17). The fraction of sp³-hybridized carbons (Fsp3) is 0.273. The van der Waals surface area contributed by atoms with Gasteiger partial charge < -0.3 is 0 Å². The predicted molar refractivity (Wildman–Crippen MR) is 64.9 cm³/mol. The number of nitrogens with one attached hydrogen (secondary N) is 1. The normalized spacial score (nSPS) is 14.7. The van der Waals surface area contributed by atoms with Gasteiger partial charge in [-0.05, 0) is 36.7 Å². The number of aromatic amines is 1. The van der Waals surface area contributed by atoms with Crippen LogP contribution in [0, 0.1) is 0 Å². The Morgan fingerprint density at radius 3 is 3.06 bits per heavy atom. The lowest BCUT2D eigenvalue weighted by atomic mass is 10.3. The Labute approximate surface area is 106 Å². The molecule has 1 saturated carbocycles. The van der Waals surface area contributed by atoms with Crippen molar-refractivity contribution in [3.63, 3.8) is 0 Å². The third-order valence-electron chi connectivity index (χ3n) is 2.70. The molecule has 0 amide bonds. The van der Waals surface area contributed by atoms with Gasteiger partial charge in [0.15, 0.2) is 11.4 Å². The second-order valence-electron chi connectivity index (χ2n) is 4.03. The average Bonchev–Trinajstić information content (AvgIpc) is 3.16. The zero-order chi connectivity index (χ0) is 12.5. The number of aldehydes is 1. The number of pyridine rings is 1. The van der Waals surface area contributed by atoms with Crippen LogP contribution in [0.5, 0.6) is 0 Å². The number of carbonyl (C=O) groups excluding carboxylic acids is 1. The molecule has 2 heterocycles. The quantitative estimate of drug-likeness (QED) is 0.839. The van der Waals surface area contributed by atoms with Gasteiger partial charge in [-0.3, -0.25) is 9.36 Å². The smallest absolute Gasteiger partial charge is 0.298 e. The zero-order valence-electron chi connectivity index (χ0n) is 9.37. The van der Waals surface area contributed by atoms with E-state index in [4.69, 9.17) is 0 Å². The molecule has 1 aliphatic carbocycles. The summed E-state index contributed by atoms with van der Waals surface area (Å²) in [7, 11) is 0. The topological polar surface area (TPSA) is 80.6 Å². The average molecular weight is 262 g/mol. The molecule has 18 heavy (non-hydrogen) atoms. The summed E-state index contributed by atoms with van der Waals surface area (Å²) in [5.41, 5.74) is 0.295. The molecule has 6 nitrogen and oxygen atoms in total. The van der Waals surface area contributed by atoms with E-state index in [-0.39, 0.29) is 11.7 Å². The number of hydrogen-bond donors (Lipinski definition) is 1. The molecular formula is C11H10N4O2S. The van der Waals surface area contributed by atoms with Gasteiger partial charge in [-0.2, -0.15) is 0 Å². The van der Waals surface area contributed by atoms with Crippen molar-refractivity contribution in [2.45, 2.75) is 29.1 Å². The maximum Gasteiger partial charge on any atom is 0.344 e. The molecule has 0 aliphatic heterocycles. The molecule has 3 rings (SSSR count). The van der Waals surface area contributed by atoms with Gasteiger partial charge in [0.25, 0.3) is 0 Å². The second kappa shape index (κ2) is 4.41. The van der Waals surface area contributed by atoms with Gasteiger partial charge in [-0.1, -0.05) is 0 Å². The van der Waals surface area contributed by atoms with Gasteiger partial charge in [0.05, 0.1) is 0 Å². The van der Waals surface area contributed by atoms with Crippen LogP contribution in [0.25, 0.3) is 0 Å². The van der Waals surface area contributed by atoms with E-state index in [9.17, 15) is 9.59 Å². The predicted octanol–water partition coefficient (Wildman–Crippen LogP) is 1.26. The minimum Gasteiger partial charge on any atom is -0.298 e. The highest BCUT2D eigenvalue weighted by Gasteiger charge is 2.29. The minimum absolute atomic E-state index is 0.205. The van der Waals surface area contributed by atoms with E-state index in [0.717, 1.165) is 19.1 Å². The highest BCUT2D eigenvalue weighted by Crippen LogP contribution is 2.37. The fourth-order valence-electron chi connectivity index (χ4n) is 1.68. The summed E-state index contributed by atoms with van der Waals surface area (Å²) >= 11 is 1.23. The van der Waals surface area contributed by atoms with E-state index < -0.39 is 0 Å². The number of rotatable bonds is 4. The van der Waals surface area contributed by atoms with Crippen LogP contribution < -0.4 is 5.69 Å². The van der Waals surface area contributed by atoms with Crippen LogP contribution in [0.1, 0.15) is 29.2 Å². The monoisotopic (exact) mass is 262 g/mol. The molecule has 0 spiro atoms. The van der Waals surface area contributed by atoms with Crippen LogP contribution in [0.3, 0.4) is 0 Å². The number of carbonyl (C=O) groups is 1. The molecule has 0 atom stereocenters. The van der Waals surface area contributed by atoms with Gasteiger partial charge in [0.2, 0.25) is 0 Å². The Morgan fingerprint density at radius 1 is 1.50 bits per heavy atom. The SMILES string of the molecule is O=Cc1cccnc1Sc1n[nH]c(=O)n1C1CC1. The molecule has 1 fully saturated rings. The fourth-order valence-corrected chi connectivity index (χ4v) is 2.62. The third-order valence-corrected chi connectivity index (χ3v) is 3.70. The number of aromatic nitrogens is 4. The van der Waals surface area contributed by atoms with E-state index in [1.54, 1.807) is 22.9 Å². The summed E-state index contributed by atoms with van der Waals surface area (Å²) in [6.45, 7) is 0. The van der Waals surface area contributed by atoms with Crippen molar-refractivity contribution in [2.75, 3.05) is 0 Å². The van der Waals surface area contributed by atoms with Crippen molar-refractivity contribution in [3.05, 3.63) is 34.4 Å². The highest BCUT2D eigenvalue weighted by atomic mass is 32.2.